The lowest BCUT2D eigenvalue weighted by atomic mass is 9.99. The van der Waals surface area contributed by atoms with Crippen LogP contribution in [0.3, 0.4) is 0 Å². The van der Waals surface area contributed by atoms with Gasteiger partial charge in [0.05, 0.1) is 23.1 Å². The summed E-state index contributed by atoms with van der Waals surface area (Å²) in [5.74, 6) is -5.42. The molecule has 0 saturated heterocycles. The summed E-state index contributed by atoms with van der Waals surface area (Å²) in [6.45, 7) is 3.13. The van der Waals surface area contributed by atoms with E-state index >= 15 is 0 Å². The second-order valence-electron chi connectivity index (χ2n) is 5.91. The third kappa shape index (κ3) is 4.68. The van der Waals surface area contributed by atoms with Gasteiger partial charge in [0.2, 0.25) is 0 Å². The zero-order valence-corrected chi connectivity index (χ0v) is 14.7. The molecule has 2 rings (SSSR count). The minimum atomic E-state index is -2.62. The predicted molar refractivity (Wildman–Crippen MR) is 94.1 cm³/mol. The van der Waals surface area contributed by atoms with Crippen molar-refractivity contribution in [3.8, 4) is 0 Å². The van der Waals surface area contributed by atoms with E-state index in [2.05, 4.69) is 0 Å². The van der Waals surface area contributed by atoms with Crippen LogP contribution in [0.4, 0.5) is 0 Å². The maximum absolute atomic E-state index is 12.3. The van der Waals surface area contributed by atoms with Crippen LogP contribution in [0.5, 0.6) is 0 Å². The molecule has 26 heavy (non-hydrogen) atoms. The Hall–Kier alpha value is -2.70. The molecule has 0 aromatic heterocycles. The molecule has 138 valence electrons. The first-order valence-corrected chi connectivity index (χ1v) is 8.34. The lowest BCUT2D eigenvalue weighted by molar-refractivity contribution is -0.341. The molecule has 0 saturated carbocycles. The Balaban J connectivity index is 2.27. The molecule has 2 aromatic rings. The molecule has 0 amide bonds. The number of esters is 2. The number of benzene rings is 2. The summed E-state index contributed by atoms with van der Waals surface area (Å²) < 4.78 is 10.2. The summed E-state index contributed by atoms with van der Waals surface area (Å²) in [5, 5.41) is 20.9. The zero-order chi connectivity index (χ0) is 19.2. The van der Waals surface area contributed by atoms with E-state index in [1.54, 1.807) is 43.3 Å². The lowest BCUT2D eigenvalue weighted by Gasteiger charge is -2.34. The normalized spacial score (nSPS) is 13.5. The Morgan fingerprint density at radius 1 is 0.923 bits per heavy atom. The van der Waals surface area contributed by atoms with Crippen molar-refractivity contribution in [2.75, 3.05) is 0 Å². The van der Waals surface area contributed by atoms with Gasteiger partial charge in [-0.1, -0.05) is 43.3 Å². The molecule has 0 heterocycles. The average molecular weight is 358 g/mol. The van der Waals surface area contributed by atoms with Crippen LogP contribution in [0, 0.1) is 5.92 Å². The second-order valence-corrected chi connectivity index (χ2v) is 5.91. The summed E-state index contributed by atoms with van der Waals surface area (Å²) >= 11 is 0. The highest BCUT2D eigenvalue weighted by Crippen LogP contribution is 2.28. The van der Waals surface area contributed by atoms with Crippen LogP contribution in [0.15, 0.2) is 60.7 Å². The van der Waals surface area contributed by atoms with Gasteiger partial charge in [-0.15, -0.1) is 0 Å². The van der Waals surface area contributed by atoms with E-state index in [4.69, 9.17) is 9.47 Å². The smallest absolute Gasteiger partial charge is 0.379 e. The minimum Gasteiger partial charge on any atom is -0.394 e. The lowest BCUT2D eigenvalue weighted by Crippen LogP contribution is -2.49. The van der Waals surface area contributed by atoms with Crippen molar-refractivity contribution < 1.29 is 29.3 Å². The molecule has 0 fully saturated rings. The predicted octanol–water partition coefficient (Wildman–Crippen LogP) is 2.75. The van der Waals surface area contributed by atoms with Gasteiger partial charge in [-0.05, 0) is 37.6 Å². The van der Waals surface area contributed by atoms with Crippen LogP contribution in [0.25, 0.3) is 0 Å². The molecule has 2 atom stereocenters. The quantitative estimate of drug-likeness (QED) is 0.584. The molecule has 2 aromatic carbocycles. The number of rotatable bonds is 7. The van der Waals surface area contributed by atoms with Crippen molar-refractivity contribution in [2.24, 2.45) is 5.92 Å². The number of hydrogen-bond donors (Lipinski definition) is 2. The van der Waals surface area contributed by atoms with E-state index in [1.165, 1.54) is 31.2 Å². The van der Waals surface area contributed by atoms with E-state index in [1.807, 2.05) is 0 Å². The summed E-state index contributed by atoms with van der Waals surface area (Å²) in [7, 11) is 0. The van der Waals surface area contributed by atoms with Gasteiger partial charge < -0.3 is 19.7 Å². The molecular formula is C20H22O6. The van der Waals surface area contributed by atoms with Crippen LogP contribution in [0.2, 0.25) is 0 Å². The minimum absolute atomic E-state index is 0.180. The molecule has 2 unspecified atom stereocenters. The van der Waals surface area contributed by atoms with Crippen LogP contribution < -0.4 is 0 Å². The fourth-order valence-electron chi connectivity index (χ4n) is 2.34. The second kappa shape index (κ2) is 8.60. The molecular weight excluding hydrogens is 336 g/mol. The van der Waals surface area contributed by atoms with Gasteiger partial charge in [0.1, 0.15) is 0 Å². The Kier molecular flexibility index (Phi) is 6.49. The number of hydrogen-bond acceptors (Lipinski definition) is 6. The van der Waals surface area contributed by atoms with E-state index in [9.17, 15) is 19.8 Å². The Morgan fingerprint density at radius 2 is 1.31 bits per heavy atom. The highest BCUT2D eigenvalue weighted by molar-refractivity contribution is 5.91. The largest absolute Gasteiger partial charge is 0.394 e. The standard InChI is InChI=1S/C20H22O6/c1-3-17(21)14(2)20(24,25-18(22)15-10-6-4-7-11-15)26-19(23)16-12-8-5-9-13-16/h4-14,17,21,24H,3H2,1-2H3. The van der Waals surface area contributed by atoms with Gasteiger partial charge in [-0.2, -0.15) is 0 Å². The number of aliphatic hydroxyl groups is 2. The maximum atomic E-state index is 12.3. The number of carbonyl (C=O) groups is 2. The monoisotopic (exact) mass is 358 g/mol. The zero-order valence-electron chi connectivity index (χ0n) is 14.7. The summed E-state index contributed by atoms with van der Waals surface area (Å²) in [4.78, 5) is 24.7. The molecule has 0 aliphatic carbocycles. The molecule has 0 aliphatic heterocycles. The third-order valence-electron chi connectivity index (χ3n) is 4.07. The van der Waals surface area contributed by atoms with Crippen molar-refractivity contribution in [2.45, 2.75) is 32.3 Å². The van der Waals surface area contributed by atoms with Crippen LogP contribution in [0.1, 0.15) is 41.0 Å². The summed E-state index contributed by atoms with van der Waals surface area (Å²) in [6.07, 6.45) is -0.776. The van der Waals surface area contributed by atoms with Gasteiger partial charge in [0.15, 0.2) is 0 Å². The van der Waals surface area contributed by atoms with Gasteiger partial charge in [-0.3, -0.25) is 0 Å². The van der Waals surface area contributed by atoms with Crippen molar-refractivity contribution in [3.05, 3.63) is 71.8 Å². The van der Waals surface area contributed by atoms with Gasteiger partial charge in [-0.25, -0.2) is 9.59 Å². The average Bonchev–Trinajstić information content (AvgIpc) is 2.67. The fourth-order valence-corrected chi connectivity index (χ4v) is 2.34. The number of aliphatic hydroxyl groups excluding tert-OH is 1. The molecule has 6 heteroatoms. The molecule has 0 spiro atoms. The Bertz CT molecular complexity index is 675. The number of ether oxygens (including phenoxy) is 2. The van der Waals surface area contributed by atoms with Crippen molar-refractivity contribution in [1.82, 2.24) is 0 Å². The van der Waals surface area contributed by atoms with E-state index in [0.29, 0.717) is 0 Å². The fraction of sp³-hybridized carbons (Fsp3) is 0.300. The Morgan fingerprint density at radius 3 is 1.65 bits per heavy atom. The first kappa shape index (κ1) is 19.6. The highest BCUT2D eigenvalue weighted by Gasteiger charge is 2.46. The first-order chi connectivity index (χ1) is 12.4. The SMILES string of the molecule is CCC(O)C(C)C(O)(OC(=O)c1ccccc1)OC(=O)c1ccccc1. The first-order valence-electron chi connectivity index (χ1n) is 8.34. The molecule has 0 bridgehead atoms. The van der Waals surface area contributed by atoms with E-state index in [0.717, 1.165) is 0 Å². The van der Waals surface area contributed by atoms with E-state index < -0.39 is 29.9 Å². The van der Waals surface area contributed by atoms with Gasteiger partial charge >= 0.3 is 17.9 Å². The topological polar surface area (TPSA) is 93.1 Å². The molecule has 2 N–H and O–H groups in total. The van der Waals surface area contributed by atoms with E-state index in [-0.39, 0.29) is 17.5 Å². The van der Waals surface area contributed by atoms with Crippen molar-refractivity contribution in [1.29, 1.82) is 0 Å². The highest BCUT2D eigenvalue weighted by atomic mass is 16.8. The Labute approximate surface area is 152 Å². The number of carbonyl (C=O) groups excluding carboxylic acids is 2. The molecule has 6 nitrogen and oxygen atoms in total. The molecule has 0 radical (unpaired) electrons. The summed E-state index contributed by atoms with van der Waals surface area (Å²) in [5.41, 5.74) is 0.361. The van der Waals surface area contributed by atoms with Crippen molar-refractivity contribution in [3.63, 3.8) is 0 Å². The van der Waals surface area contributed by atoms with Gasteiger partial charge in [0.25, 0.3) is 0 Å². The van der Waals surface area contributed by atoms with Crippen LogP contribution in [-0.4, -0.2) is 34.2 Å². The van der Waals surface area contributed by atoms with Crippen LogP contribution in [-0.2, 0) is 9.47 Å². The third-order valence-corrected chi connectivity index (χ3v) is 4.07. The van der Waals surface area contributed by atoms with Crippen LogP contribution >= 0.6 is 0 Å². The van der Waals surface area contributed by atoms with Gasteiger partial charge in [0, 0.05) is 0 Å². The summed E-state index contributed by atoms with van der Waals surface area (Å²) in [6, 6.07) is 16.0. The van der Waals surface area contributed by atoms with Crippen molar-refractivity contribution >= 4 is 11.9 Å². The maximum Gasteiger partial charge on any atom is 0.379 e. The molecule has 0 aliphatic rings.